The molecule has 0 atom stereocenters. The number of carbonyl (C=O) groups excluding carboxylic acids is 1. The molecule has 0 bridgehead atoms. The van der Waals surface area contributed by atoms with Crippen molar-refractivity contribution in [2.75, 3.05) is 5.75 Å². The lowest BCUT2D eigenvalue weighted by Crippen LogP contribution is -2.23. The molecule has 0 aliphatic rings. The van der Waals surface area contributed by atoms with Crippen LogP contribution in [0.4, 0.5) is 0 Å². The van der Waals surface area contributed by atoms with E-state index in [2.05, 4.69) is 6.58 Å². The number of hydrogen-bond donors (Lipinski definition) is 0. The molecule has 4 nitrogen and oxygen atoms in total. The van der Waals surface area contributed by atoms with Crippen molar-refractivity contribution >= 4 is 39.1 Å². The molecule has 0 unspecified atom stereocenters. The molecule has 6 heteroatoms. The Kier molecular flexibility index (Phi) is 6.68. The highest BCUT2D eigenvalue weighted by Gasteiger charge is 2.19. The van der Waals surface area contributed by atoms with Crippen molar-refractivity contribution in [3.63, 3.8) is 0 Å². The van der Waals surface area contributed by atoms with Gasteiger partial charge in [0.05, 0.1) is 11.1 Å². The van der Waals surface area contributed by atoms with Crippen LogP contribution in [-0.2, 0) is 6.54 Å². The van der Waals surface area contributed by atoms with Gasteiger partial charge in [0.1, 0.15) is 4.83 Å². The number of ketones is 1. The third-order valence-corrected chi connectivity index (χ3v) is 7.66. The Hall–Kier alpha value is -2.96. The lowest BCUT2D eigenvalue weighted by atomic mass is 9.99. The van der Waals surface area contributed by atoms with E-state index >= 15 is 0 Å². The van der Waals surface area contributed by atoms with Gasteiger partial charge < -0.3 is 0 Å². The average molecular weight is 475 g/mol. The molecule has 168 valence electrons. The highest BCUT2D eigenvalue weighted by Crippen LogP contribution is 2.32. The molecule has 2 aromatic heterocycles. The molecule has 0 saturated carbocycles. The van der Waals surface area contributed by atoms with E-state index in [9.17, 15) is 9.59 Å². The van der Waals surface area contributed by atoms with Gasteiger partial charge >= 0.3 is 0 Å². The minimum atomic E-state index is -0.103. The normalized spacial score (nSPS) is 11.2. The molecule has 0 aliphatic heterocycles. The Morgan fingerprint density at radius 3 is 2.48 bits per heavy atom. The number of fused-ring (bicyclic) bond motifs is 1. The standard InChI is InChI=1S/C27H26N2O2S2/c1-6-11-29-26(31)24-22(20-9-7-16(2)8-10-20)14-32-25(24)28-27(29)33-15-23(30)21-13-18(4)17(3)12-19(21)5/h6-10,12-14H,1,11,15H2,2-5H3. The molecule has 2 heterocycles. The van der Waals surface area contributed by atoms with E-state index in [1.807, 2.05) is 69.5 Å². The molecule has 2 aromatic carbocycles. The molecule has 4 rings (SSSR count). The van der Waals surface area contributed by atoms with Crippen LogP contribution in [0, 0.1) is 27.7 Å². The van der Waals surface area contributed by atoms with Crippen LogP contribution in [0.15, 0.2) is 64.4 Å². The van der Waals surface area contributed by atoms with E-state index < -0.39 is 0 Å². The summed E-state index contributed by atoms with van der Waals surface area (Å²) in [5.74, 6) is 0.251. The van der Waals surface area contributed by atoms with Crippen LogP contribution in [0.1, 0.15) is 32.6 Å². The van der Waals surface area contributed by atoms with E-state index in [1.54, 1.807) is 10.6 Å². The molecule has 0 spiro atoms. The van der Waals surface area contributed by atoms with Crippen LogP contribution in [0.5, 0.6) is 0 Å². The van der Waals surface area contributed by atoms with E-state index in [4.69, 9.17) is 4.98 Å². The van der Waals surface area contributed by atoms with Crippen LogP contribution >= 0.6 is 23.1 Å². The number of thioether (sulfide) groups is 1. The van der Waals surface area contributed by atoms with Gasteiger partial charge in [-0.1, -0.05) is 53.7 Å². The van der Waals surface area contributed by atoms with Gasteiger partial charge in [0, 0.05) is 23.1 Å². The first-order valence-electron chi connectivity index (χ1n) is 10.7. The minimum absolute atomic E-state index is 0.0339. The van der Waals surface area contributed by atoms with Gasteiger partial charge in [-0.05, 0) is 56.0 Å². The fourth-order valence-corrected chi connectivity index (χ4v) is 5.70. The van der Waals surface area contributed by atoms with Crippen molar-refractivity contribution in [1.82, 2.24) is 9.55 Å². The molecule has 4 aromatic rings. The average Bonchev–Trinajstić information content (AvgIpc) is 3.21. The topological polar surface area (TPSA) is 52.0 Å². The molecule has 33 heavy (non-hydrogen) atoms. The molecule has 0 amide bonds. The van der Waals surface area contributed by atoms with Crippen LogP contribution in [0.25, 0.3) is 21.3 Å². The zero-order chi connectivity index (χ0) is 23.7. The first-order chi connectivity index (χ1) is 15.8. The van der Waals surface area contributed by atoms with Crippen molar-refractivity contribution in [3.05, 3.63) is 92.6 Å². The SMILES string of the molecule is C=CCn1c(SCC(=O)c2cc(C)c(C)cc2C)nc2scc(-c3ccc(C)cc3)c2c1=O. The molecular weight excluding hydrogens is 448 g/mol. The molecule has 0 N–H and O–H groups in total. The summed E-state index contributed by atoms with van der Waals surface area (Å²) in [4.78, 5) is 31.9. The summed E-state index contributed by atoms with van der Waals surface area (Å²) in [7, 11) is 0. The number of aromatic nitrogens is 2. The number of hydrogen-bond acceptors (Lipinski definition) is 5. The van der Waals surface area contributed by atoms with Gasteiger partial charge in [-0.25, -0.2) is 4.98 Å². The third-order valence-electron chi connectivity index (χ3n) is 5.81. The zero-order valence-electron chi connectivity index (χ0n) is 19.3. The number of allylic oxidation sites excluding steroid dienone is 1. The van der Waals surface area contributed by atoms with Gasteiger partial charge in [-0.3, -0.25) is 14.2 Å². The van der Waals surface area contributed by atoms with Crippen molar-refractivity contribution in [3.8, 4) is 11.1 Å². The fraction of sp³-hybridized carbons (Fsp3) is 0.222. The Morgan fingerprint density at radius 2 is 1.79 bits per heavy atom. The predicted octanol–water partition coefficient (Wildman–Crippen LogP) is 6.52. The van der Waals surface area contributed by atoms with Crippen LogP contribution < -0.4 is 5.56 Å². The highest BCUT2D eigenvalue weighted by molar-refractivity contribution is 7.99. The van der Waals surface area contributed by atoms with Crippen LogP contribution in [-0.4, -0.2) is 21.1 Å². The van der Waals surface area contributed by atoms with E-state index in [0.717, 1.165) is 27.8 Å². The first-order valence-corrected chi connectivity index (χ1v) is 12.6. The molecule has 0 fully saturated rings. The summed E-state index contributed by atoms with van der Waals surface area (Å²) in [6.45, 7) is 12.2. The van der Waals surface area contributed by atoms with Crippen molar-refractivity contribution in [2.24, 2.45) is 0 Å². The summed E-state index contributed by atoms with van der Waals surface area (Å²) >= 11 is 2.76. The second-order valence-electron chi connectivity index (χ2n) is 8.26. The summed E-state index contributed by atoms with van der Waals surface area (Å²) in [5.41, 5.74) is 6.92. The van der Waals surface area contributed by atoms with E-state index in [0.29, 0.717) is 21.9 Å². The third kappa shape index (κ3) is 4.59. The van der Waals surface area contributed by atoms with Crippen LogP contribution in [0.2, 0.25) is 0 Å². The lowest BCUT2D eigenvalue weighted by Gasteiger charge is -2.12. The Bertz CT molecular complexity index is 1430. The number of rotatable bonds is 7. The molecule has 0 radical (unpaired) electrons. The maximum absolute atomic E-state index is 13.5. The Balaban J connectivity index is 1.71. The second-order valence-corrected chi connectivity index (χ2v) is 10.1. The van der Waals surface area contributed by atoms with Gasteiger partial charge in [-0.15, -0.1) is 17.9 Å². The number of carbonyl (C=O) groups is 1. The van der Waals surface area contributed by atoms with Gasteiger partial charge in [0.2, 0.25) is 0 Å². The van der Waals surface area contributed by atoms with Gasteiger partial charge in [0.25, 0.3) is 5.56 Å². The molecular formula is C27H26N2O2S2. The van der Waals surface area contributed by atoms with Crippen LogP contribution in [0.3, 0.4) is 0 Å². The van der Waals surface area contributed by atoms with Gasteiger partial charge in [0.15, 0.2) is 10.9 Å². The maximum Gasteiger partial charge on any atom is 0.263 e. The van der Waals surface area contributed by atoms with E-state index in [1.165, 1.54) is 34.2 Å². The number of thiophene rings is 1. The first kappa shape index (κ1) is 23.2. The van der Waals surface area contributed by atoms with Gasteiger partial charge in [-0.2, -0.15) is 0 Å². The monoisotopic (exact) mass is 474 g/mol. The number of benzene rings is 2. The lowest BCUT2D eigenvalue weighted by molar-refractivity contribution is 0.102. The summed E-state index contributed by atoms with van der Waals surface area (Å²) < 4.78 is 1.62. The summed E-state index contributed by atoms with van der Waals surface area (Å²) in [5, 5.41) is 3.14. The molecule has 0 saturated heterocycles. The quantitative estimate of drug-likeness (QED) is 0.132. The number of Topliss-reactive ketones (excluding diaryl/α,β-unsaturated/α-hetero) is 1. The van der Waals surface area contributed by atoms with Crippen molar-refractivity contribution in [2.45, 2.75) is 39.4 Å². The summed E-state index contributed by atoms with van der Waals surface area (Å²) in [6, 6.07) is 12.1. The Morgan fingerprint density at radius 1 is 1.09 bits per heavy atom. The largest absolute Gasteiger partial charge is 0.293 e. The highest BCUT2D eigenvalue weighted by atomic mass is 32.2. The maximum atomic E-state index is 13.5. The van der Waals surface area contributed by atoms with Crippen molar-refractivity contribution < 1.29 is 4.79 Å². The van der Waals surface area contributed by atoms with E-state index in [-0.39, 0.29) is 17.1 Å². The van der Waals surface area contributed by atoms with Crippen molar-refractivity contribution in [1.29, 1.82) is 0 Å². The Labute approximate surface area is 202 Å². The molecule has 0 aliphatic carbocycles. The minimum Gasteiger partial charge on any atom is -0.293 e. The summed E-state index contributed by atoms with van der Waals surface area (Å²) in [6.07, 6.45) is 1.69. The number of aryl methyl sites for hydroxylation is 4. The smallest absolute Gasteiger partial charge is 0.263 e. The second kappa shape index (κ2) is 9.49. The predicted molar refractivity (Wildman–Crippen MR) is 140 cm³/mol. The fourth-order valence-electron chi connectivity index (χ4n) is 3.82. The number of nitrogens with zero attached hydrogens (tertiary/aromatic N) is 2. The zero-order valence-corrected chi connectivity index (χ0v) is 20.9.